The third kappa shape index (κ3) is 4.30. The van der Waals surface area contributed by atoms with Crippen molar-refractivity contribution < 1.29 is 27.4 Å². The van der Waals surface area contributed by atoms with Gasteiger partial charge in [-0.25, -0.2) is 14.3 Å². The molecule has 0 aromatic carbocycles. The summed E-state index contributed by atoms with van der Waals surface area (Å²) in [5, 5.41) is 0. The van der Waals surface area contributed by atoms with Crippen LogP contribution in [0.15, 0.2) is 18.7 Å². The van der Waals surface area contributed by atoms with Gasteiger partial charge in [-0.2, -0.15) is 0 Å². The number of nitrogens with zero attached hydrogens (tertiary/aromatic N) is 2. The monoisotopic (exact) mass is 238 g/mol. The second kappa shape index (κ2) is 4.97. The van der Waals surface area contributed by atoms with Crippen molar-refractivity contribution in [1.29, 1.82) is 0 Å². The molecule has 0 saturated carbocycles. The zero-order valence-electron chi connectivity index (χ0n) is 8.27. The molecule has 1 rings (SSSR count). The summed E-state index contributed by atoms with van der Waals surface area (Å²) in [6.45, 7) is 0.658. The fourth-order valence-corrected chi connectivity index (χ4v) is 0.892. The lowest BCUT2D eigenvalue weighted by molar-refractivity contribution is -0.342. The second-order valence-electron chi connectivity index (χ2n) is 2.92. The van der Waals surface area contributed by atoms with Gasteiger partial charge in [-0.3, -0.25) is 4.74 Å². The predicted octanol–water partition coefficient (Wildman–Crippen LogP) is 1.79. The summed E-state index contributed by atoms with van der Waals surface area (Å²) in [6.07, 6.45) is -2.96. The minimum atomic E-state index is -4.74. The van der Waals surface area contributed by atoms with E-state index in [-0.39, 0.29) is 0 Å². The number of carbonyl (C=O) groups is 1. The van der Waals surface area contributed by atoms with Crippen molar-refractivity contribution in [3.05, 3.63) is 18.7 Å². The Morgan fingerprint density at radius 3 is 2.75 bits per heavy atom. The van der Waals surface area contributed by atoms with Crippen molar-refractivity contribution >= 4 is 6.09 Å². The molecule has 0 bridgehead atoms. The standard InChI is InChI=1S/C8H9F3N2O3/c1-6(16-8(9,10)11)4-15-7(14)13-3-2-12-5-13/h2-3,5-6H,4H2,1H3/t6-/m1/s1. The van der Waals surface area contributed by atoms with Crippen LogP contribution < -0.4 is 0 Å². The van der Waals surface area contributed by atoms with Gasteiger partial charge < -0.3 is 4.74 Å². The summed E-state index contributed by atoms with van der Waals surface area (Å²) in [4.78, 5) is 14.7. The van der Waals surface area contributed by atoms with Gasteiger partial charge in [-0.05, 0) is 6.92 Å². The molecule has 90 valence electrons. The third-order valence-electron chi connectivity index (χ3n) is 1.49. The molecule has 0 unspecified atom stereocenters. The molecule has 0 aliphatic heterocycles. The summed E-state index contributed by atoms with van der Waals surface area (Å²) >= 11 is 0. The number of hydrogen-bond acceptors (Lipinski definition) is 4. The van der Waals surface area contributed by atoms with Gasteiger partial charge in [-0.15, -0.1) is 13.2 Å². The normalized spacial score (nSPS) is 13.5. The van der Waals surface area contributed by atoms with Gasteiger partial charge in [0.25, 0.3) is 0 Å². The molecule has 1 heterocycles. The Bertz CT molecular complexity index is 337. The van der Waals surface area contributed by atoms with Gasteiger partial charge in [0.05, 0.1) is 6.10 Å². The van der Waals surface area contributed by atoms with E-state index in [0.717, 1.165) is 11.5 Å². The number of rotatable bonds is 3. The van der Waals surface area contributed by atoms with E-state index >= 15 is 0 Å². The lowest BCUT2D eigenvalue weighted by Crippen LogP contribution is -2.27. The van der Waals surface area contributed by atoms with Crippen LogP contribution in [0.25, 0.3) is 0 Å². The Hall–Kier alpha value is -1.57. The number of imidazole rings is 1. The Balaban J connectivity index is 2.32. The van der Waals surface area contributed by atoms with Gasteiger partial charge in [0.2, 0.25) is 0 Å². The first-order valence-corrected chi connectivity index (χ1v) is 4.28. The Morgan fingerprint density at radius 1 is 1.56 bits per heavy atom. The largest absolute Gasteiger partial charge is 0.522 e. The van der Waals surface area contributed by atoms with E-state index in [2.05, 4.69) is 14.5 Å². The average Bonchev–Trinajstić information content (AvgIpc) is 2.64. The van der Waals surface area contributed by atoms with Gasteiger partial charge in [0.1, 0.15) is 12.9 Å². The summed E-state index contributed by atoms with van der Waals surface area (Å²) in [7, 11) is 0. The van der Waals surface area contributed by atoms with Gasteiger partial charge in [-0.1, -0.05) is 0 Å². The maximum atomic E-state index is 11.7. The van der Waals surface area contributed by atoms with Crippen LogP contribution in [0.2, 0.25) is 0 Å². The molecule has 0 saturated heterocycles. The van der Waals surface area contributed by atoms with E-state index in [9.17, 15) is 18.0 Å². The molecule has 0 spiro atoms. The van der Waals surface area contributed by atoms with Gasteiger partial charge in [0.15, 0.2) is 0 Å². The molecular weight excluding hydrogens is 229 g/mol. The van der Waals surface area contributed by atoms with Crippen molar-refractivity contribution in [2.45, 2.75) is 19.4 Å². The smallest absolute Gasteiger partial charge is 0.446 e. The van der Waals surface area contributed by atoms with E-state index < -0.39 is 25.2 Å². The topological polar surface area (TPSA) is 53.4 Å². The van der Waals surface area contributed by atoms with E-state index in [1.165, 1.54) is 18.7 Å². The molecule has 0 radical (unpaired) electrons. The summed E-state index contributed by atoms with van der Waals surface area (Å²) in [5.74, 6) is 0. The molecule has 0 fully saturated rings. The first-order valence-electron chi connectivity index (χ1n) is 4.28. The maximum Gasteiger partial charge on any atom is 0.522 e. The Morgan fingerprint density at radius 2 is 2.25 bits per heavy atom. The van der Waals surface area contributed by atoms with E-state index in [0.29, 0.717) is 0 Å². The minimum Gasteiger partial charge on any atom is -0.446 e. The molecule has 1 aromatic heterocycles. The molecule has 0 amide bonds. The Labute approximate surface area is 88.8 Å². The van der Waals surface area contributed by atoms with Crippen LogP contribution in [0.5, 0.6) is 0 Å². The number of carbonyl (C=O) groups excluding carboxylic acids is 1. The zero-order valence-corrected chi connectivity index (χ0v) is 8.27. The lowest BCUT2D eigenvalue weighted by Gasteiger charge is -2.14. The summed E-state index contributed by atoms with van der Waals surface area (Å²) in [6, 6.07) is 0. The minimum absolute atomic E-state index is 0.490. The molecule has 0 N–H and O–H groups in total. The third-order valence-corrected chi connectivity index (χ3v) is 1.49. The second-order valence-corrected chi connectivity index (χ2v) is 2.92. The molecular formula is C8H9F3N2O3. The summed E-state index contributed by atoms with van der Waals surface area (Å²) < 4.78 is 44.3. The average molecular weight is 238 g/mol. The van der Waals surface area contributed by atoms with Crippen LogP contribution in [0.4, 0.5) is 18.0 Å². The van der Waals surface area contributed by atoms with Crippen LogP contribution in [0.1, 0.15) is 6.92 Å². The lowest BCUT2D eigenvalue weighted by atomic mass is 10.4. The van der Waals surface area contributed by atoms with E-state index in [4.69, 9.17) is 0 Å². The number of halogens is 3. The van der Waals surface area contributed by atoms with Crippen molar-refractivity contribution in [1.82, 2.24) is 9.55 Å². The molecule has 1 aromatic rings. The Kier molecular flexibility index (Phi) is 3.88. The highest BCUT2D eigenvalue weighted by atomic mass is 19.4. The highest BCUT2D eigenvalue weighted by Gasteiger charge is 2.32. The quantitative estimate of drug-likeness (QED) is 0.805. The molecule has 8 heteroatoms. The fourth-order valence-electron chi connectivity index (χ4n) is 0.892. The van der Waals surface area contributed by atoms with Crippen LogP contribution >= 0.6 is 0 Å². The SMILES string of the molecule is C[C@H](COC(=O)n1ccnc1)OC(F)(F)F. The zero-order chi connectivity index (χ0) is 12.2. The molecule has 0 aliphatic carbocycles. The fraction of sp³-hybridized carbons (Fsp3) is 0.500. The molecule has 0 aliphatic rings. The van der Waals surface area contributed by atoms with Crippen molar-refractivity contribution in [3.8, 4) is 0 Å². The van der Waals surface area contributed by atoms with Crippen LogP contribution in [-0.2, 0) is 9.47 Å². The number of aromatic nitrogens is 2. The maximum absolute atomic E-state index is 11.7. The van der Waals surface area contributed by atoms with Crippen LogP contribution in [0.3, 0.4) is 0 Å². The predicted molar refractivity (Wildman–Crippen MR) is 45.6 cm³/mol. The van der Waals surface area contributed by atoms with E-state index in [1.807, 2.05) is 0 Å². The number of ether oxygens (including phenoxy) is 2. The van der Waals surface area contributed by atoms with Crippen molar-refractivity contribution in [2.24, 2.45) is 0 Å². The van der Waals surface area contributed by atoms with Gasteiger partial charge >= 0.3 is 12.5 Å². The van der Waals surface area contributed by atoms with Crippen LogP contribution in [-0.4, -0.2) is 34.7 Å². The first kappa shape index (κ1) is 12.5. The van der Waals surface area contributed by atoms with E-state index in [1.54, 1.807) is 0 Å². The molecule has 1 atom stereocenters. The van der Waals surface area contributed by atoms with Crippen molar-refractivity contribution in [3.63, 3.8) is 0 Å². The van der Waals surface area contributed by atoms with Crippen molar-refractivity contribution in [2.75, 3.05) is 6.61 Å². The highest BCUT2D eigenvalue weighted by Crippen LogP contribution is 2.18. The summed E-state index contributed by atoms with van der Waals surface area (Å²) in [5.41, 5.74) is 0. The van der Waals surface area contributed by atoms with Gasteiger partial charge in [0, 0.05) is 12.4 Å². The molecule has 16 heavy (non-hydrogen) atoms. The molecule has 5 nitrogen and oxygen atoms in total. The first-order chi connectivity index (χ1) is 7.38. The highest BCUT2D eigenvalue weighted by molar-refractivity contribution is 5.69. The number of alkyl halides is 3. The number of hydrogen-bond donors (Lipinski definition) is 0. The van der Waals surface area contributed by atoms with Crippen LogP contribution in [0, 0.1) is 0 Å².